The number of halogens is 3. The average molecular weight is 283 g/mol. The van der Waals surface area contributed by atoms with Crippen LogP contribution in [0.25, 0.3) is 0 Å². The van der Waals surface area contributed by atoms with E-state index in [1.807, 2.05) is 0 Å². The summed E-state index contributed by atoms with van der Waals surface area (Å²) in [6, 6.07) is 4.64. The minimum absolute atomic E-state index is 0.0132. The van der Waals surface area contributed by atoms with Crippen LogP contribution in [0.1, 0.15) is 11.1 Å². The SMILES string of the molecule is O=c1cnnc(N/N=C/c2cccc(C(F)(F)F)c2)[nH]1. The van der Waals surface area contributed by atoms with Crippen LogP contribution in [0, 0.1) is 0 Å². The third kappa shape index (κ3) is 3.64. The number of H-pyrrole nitrogens is 1. The van der Waals surface area contributed by atoms with Crippen molar-refractivity contribution in [2.45, 2.75) is 6.18 Å². The van der Waals surface area contributed by atoms with E-state index in [4.69, 9.17) is 0 Å². The number of hydrogen-bond donors (Lipinski definition) is 2. The monoisotopic (exact) mass is 283 g/mol. The third-order valence-electron chi connectivity index (χ3n) is 2.17. The lowest BCUT2D eigenvalue weighted by molar-refractivity contribution is -0.137. The molecule has 0 bridgehead atoms. The first-order chi connectivity index (χ1) is 9.45. The van der Waals surface area contributed by atoms with Gasteiger partial charge in [-0.3, -0.25) is 9.78 Å². The van der Waals surface area contributed by atoms with Crippen molar-refractivity contribution in [3.63, 3.8) is 0 Å². The minimum Gasteiger partial charge on any atom is -0.289 e. The summed E-state index contributed by atoms with van der Waals surface area (Å²) >= 11 is 0. The van der Waals surface area contributed by atoms with E-state index in [9.17, 15) is 18.0 Å². The van der Waals surface area contributed by atoms with Gasteiger partial charge in [0.1, 0.15) is 6.20 Å². The predicted molar refractivity (Wildman–Crippen MR) is 65.3 cm³/mol. The number of nitrogens with zero attached hydrogens (tertiary/aromatic N) is 3. The molecule has 2 aromatic rings. The van der Waals surface area contributed by atoms with Crippen molar-refractivity contribution in [1.29, 1.82) is 0 Å². The molecule has 0 amide bonds. The molecule has 9 heteroatoms. The van der Waals surface area contributed by atoms with Gasteiger partial charge in [-0.15, -0.1) is 10.2 Å². The summed E-state index contributed by atoms with van der Waals surface area (Å²) in [5, 5.41) is 10.6. The quantitative estimate of drug-likeness (QED) is 0.662. The fourth-order valence-corrected chi connectivity index (χ4v) is 1.33. The van der Waals surface area contributed by atoms with Crippen molar-refractivity contribution in [1.82, 2.24) is 15.2 Å². The lowest BCUT2D eigenvalue weighted by Crippen LogP contribution is -2.10. The van der Waals surface area contributed by atoms with Crippen LogP contribution in [0.2, 0.25) is 0 Å². The van der Waals surface area contributed by atoms with Crippen LogP contribution in [0.4, 0.5) is 19.1 Å². The standard InChI is InChI=1S/C11H8F3N5O/c12-11(13,14)8-3-1-2-7(4-8)5-15-18-10-17-9(20)6-16-19-10/h1-6H,(H2,17,18,19,20)/b15-5+. The summed E-state index contributed by atoms with van der Waals surface area (Å²) in [7, 11) is 0. The van der Waals surface area contributed by atoms with Crippen molar-refractivity contribution in [2.75, 3.05) is 5.43 Å². The molecule has 0 atom stereocenters. The zero-order chi connectivity index (χ0) is 14.6. The van der Waals surface area contributed by atoms with E-state index in [1.165, 1.54) is 18.3 Å². The van der Waals surface area contributed by atoms with Crippen molar-refractivity contribution in [3.05, 3.63) is 51.9 Å². The van der Waals surface area contributed by atoms with Crippen LogP contribution in [0.3, 0.4) is 0 Å². The Hall–Kier alpha value is -2.71. The fourth-order valence-electron chi connectivity index (χ4n) is 1.33. The summed E-state index contributed by atoms with van der Waals surface area (Å²) in [5.41, 5.74) is 1.36. The summed E-state index contributed by atoms with van der Waals surface area (Å²) in [6.07, 6.45) is -2.27. The van der Waals surface area contributed by atoms with Crippen molar-refractivity contribution >= 4 is 12.2 Å². The molecule has 0 saturated heterocycles. The highest BCUT2D eigenvalue weighted by Crippen LogP contribution is 2.29. The van der Waals surface area contributed by atoms with E-state index in [0.717, 1.165) is 18.3 Å². The largest absolute Gasteiger partial charge is 0.416 e. The maximum atomic E-state index is 12.5. The molecule has 2 rings (SSSR count). The van der Waals surface area contributed by atoms with Gasteiger partial charge >= 0.3 is 6.18 Å². The lowest BCUT2D eigenvalue weighted by Gasteiger charge is -2.06. The number of hydrazone groups is 1. The van der Waals surface area contributed by atoms with Gasteiger partial charge < -0.3 is 0 Å². The van der Waals surface area contributed by atoms with Crippen LogP contribution in [0.5, 0.6) is 0 Å². The van der Waals surface area contributed by atoms with Gasteiger partial charge in [0.25, 0.3) is 5.56 Å². The highest BCUT2D eigenvalue weighted by atomic mass is 19.4. The third-order valence-corrected chi connectivity index (χ3v) is 2.17. The van der Waals surface area contributed by atoms with Crippen LogP contribution < -0.4 is 11.0 Å². The van der Waals surface area contributed by atoms with Gasteiger partial charge in [0.2, 0.25) is 5.95 Å². The Morgan fingerprint density at radius 2 is 2.15 bits per heavy atom. The van der Waals surface area contributed by atoms with Gasteiger partial charge in [0.05, 0.1) is 11.8 Å². The first-order valence-corrected chi connectivity index (χ1v) is 5.33. The second-order valence-corrected chi connectivity index (χ2v) is 3.68. The number of hydrogen-bond acceptors (Lipinski definition) is 5. The molecule has 0 unspecified atom stereocenters. The van der Waals surface area contributed by atoms with Crippen molar-refractivity contribution in [3.8, 4) is 0 Å². The minimum atomic E-state index is -4.41. The molecular weight excluding hydrogens is 275 g/mol. The molecule has 0 aliphatic carbocycles. The molecule has 0 fully saturated rings. The maximum Gasteiger partial charge on any atom is 0.416 e. The van der Waals surface area contributed by atoms with E-state index in [1.54, 1.807) is 0 Å². The molecule has 0 radical (unpaired) electrons. The van der Waals surface area contributed by atoms with E-state index in [2.05, 4.69) is 25.7 Å². The number of rotatable bonds is 3. The second kappa shape index (κ2) is 5.51. The molecule has 20 heavy (non-hydrogen) atoms. The molecule has 0 aliphatic heterocycles. The molecule has 1 aromatic carbocycles. The van der Waals surface area contributed by atoms with Crippen LogP contribution in [0.15, 0.2) is 40.4 Å². The molecule has 1 aromatic heterocycles. The van der Waals surface area contributed by atoms with E-state index >= 15 is 0 Å². The Kier molecular flexibility index (Phi) is 3.78. The number of nitrogens with one attached hydrogen (secondary N) is 2. The average Bonchev–Trinajstić information content (AvgIpc) is 2.38. The molecule has 0 saturated carbocycles. The van der Waals surface area contributed by atoms with Gasteiger partial charge in [0.15, 0.2) is 0 Å². The number of benzene rings is 1. The first-order valence-electron chi connectivity index (χ1n) is 5.33. The van der Waals surface area contributed by atoms with Gasteiger partial charge in [-0.25, -0.2) is 5.43 Å². The summed E-state index contributed by atoms with van der Waals surface area (Å²) in [5.74, 6) is -0.0132. The van der Waals surface area contributed by atoms with E-state index in [-0.39, 0.29) is 11.5 Å². The maximum absolute atomic E-state index is 12.5. The molecule has 104 valence electrons. The molecule has 2 N–H and O–H groups in total. The Morgan fingerprint density at radius 3 is 2.85 bits per heavy atom. The van der Waals surface area contributed by atoms with Gasteiger partial charge in [-0.2, -0.15) is 18.3 Å². The molecular formula is C11H8F3N5O. The summed E-state index contributed by atoms with van der Waals surface area (Å²) in [6.45, 7) is 0. The van der Waals surface area contributed by atoms with Crippen molar-refractivity contribution in [2.24, 2.45) is 5.10 Å². The Morgan fingerprint density at radius 1 is 1.35 bits per heavy atom. The topological polar surface area (TPSA) is 83.0 Å². The van der Waals surface area contributed by atoms with Gasteiger partial charge in [-0.1, -0.05) is 12.1 Å². The van der Waals surface area contributed by atoms with E-state index in [0.29, 0.717) is 0 Å². The fraction of sp³-hybridized carbons (Fsp3) is 0.0909. The highest BCUT2D eigenvalue weighted by molar-refractivity contribution is 5.80. The highest BCUT2D eigenvalue weighted by Gasteiger charge is 2.30. The number of alkyl halides is 3. The number of anilines is 1. The van der Waals surface area contributed by atoms with Crippen LogP contribution >= 0.6 is 0 Å². The number of aromatic amines is 1. The predicted octanol–water partition coefficient (Wildman–Crippen LogP) is 1.63. The molecule has 0 spiro atoms. The van der Waals surface area contributed by atoms with Crippen molar-refractivity contribution < 1.29 is 13.2 Å². The molecule has 1 heterocycles. The molecule has 6 nitrogen and oxygen atoms in total. The Labute approximate surface area is 110 Å². The van der Waals surface area contributed by atoms with Crippen LogP contribution in [-0.4, -0.2) is 21.4 Å². The van der Waals surface area contributed by atoms with Gasteiger partial charge in [0, 0.05) is 0 Å². The Balaban J connectivity index is 2.10. The molecule has 0 aliphatic rings. The number of aromatic nitrogens is 3. The zero-order valence-electron chi connectivity index (χ0n) is 9.85. The van der Waals surface area contributed by atoms with E-state index < -0.39 is 17.3 Å². The van der Waals surface area contributed by atoms with Gasteiger partial charge in [-0.05, 0) is 17.7 Å². The normalized spacial score (nSPS) is 11.8. The zero-order valence-corrected chi connectivity index (χ0v) is 9.85. The lowest BCUT2D eigenvalue weighted by atomic mass is 10.1. The second-order valence-electron chi connectivity index (χ2n) is 3.68. The Bertz CT molecular complexity index is 680. The smallest absolute Gasteiger partial charge is 0.289 e. The van der Waals surface area contributed by atoms with Crippen LogP contribution in [-0.2, 0) is 6.18 Å². The summed E-state index contributed by atoms with van der Waals surface area (Å²) < 4.78 is 37.4. The summed E-state index contributed by atoms with van der Waals surface area (Å²) in [4.78, 5) is 13.2. The first kappa shape index (κ1) is 13.7.